The van der Waals surface area contributed by atoms with Crippen molar-refractivity contribution in [3.05, 3.63) is 63.1 Å². The standard InChI is InChI=1S/C25H33Cl2N3O4S/c1-16(2)13-28-25(32)19(5)29(14-20-21(26)8-7-9-22(20)27)24(31)15-30(35(6,33)34)23-11-10-17(3)12-18(23)4/h7-12,16,19H,13-15H2,1-6H3,(H,28,32). The number of carbonyl (C=O) groups is 2. The van der Waals surface area contributed by atoms with Crippen LogP contribution in [0.1, 0.15) is 37.5 Å². The first-order valence-electron chi connectivity index (χ1n) is 11.3. The second-order valence-corrected chi connectivity index (χ2v) is 11.8. The van der Waals surface area contributed by atoms with Gasteiger partial charge in [0.2, 0.25) is 21.8 Å². The van der Waals surface area contributed by atoms with Gasteiger partial charge in [0.1, 0.15) is 12.6 Å². The van der Waals surface area contributed by atoms with E-state index in [9.17, 15) is 18.0 Å². The molecule has 0 aliphatic heterocycles. The lowest BCUT2D eigenvalue weighted by molar-refractivity contribution is -0.139. The van der Waals surface area contributed by atoms with Gasteiger partial charge < -0.3 is 10.2 Å². The topological polar surface area (TPSA) is 86.8 Å². The van der Waals surface area contributed by atoms with Crippen LogP contribution in [0.5, 0.6) is 0 Å². The molecule has 2 aromatic rings. The summed E-state index contributed by atoms with van der Waals surface area (Å²) in [5, 5.41) is 3.53. The summed E-state index contributed by atoms with van der Waals surface area (Å²) in [5.41, 5.74) is 2.56. The van der Waals surface area contributed by atoms with Crippen molar-refractivity contribution in [2.24, 2.45) is 5.92 Å². The van der Waals surface area contributed by atoms with Gasteiger partial charge in [0.25, 0.3) is 0 Å². The SMILES string of the molecule is Cc1ccc(N(CC(=O)N(Cc2c(Cl)cccc2Cl)C(C)C(=O)NCC(C)C)S(C)(=O)=O)c(C)c1. The van der Waals surface area contributed by atoms with E-state index in [1.807, 2.05) is 26.8 Å². The zero-order chi connectivity index (χ0) is 26.5. The number of nitrogens with zero attached hydrogens (tertiary/aromatic N) is 2. The van der Waals surface area contributed by atoms with Crippen molar-refractivity contribution in [3.63, 3.8) is 0 Å². The Kier molecular flexibility index (Phi) is 10.0. The van der Waals surface area contributed by atoms with Crippen LogP contribution >= 0.6 is 23.2 Å². The lowest BCUT2D eigenvalue weighted by atomic mass is 10.1. The molecule has 1 unspecified atom stereocenters. The summed E-state index contributed by atoms with van der Waals surface area (Å²) >= 11 is 12.7. The van der Waals surface area contributed by atoms with E-state index in [4.69, 9.17) is 23.2 Å². The number of anilines is 1. The van der Waals surface area contributed by atoms with E-state index in [1.54, 1.807) is 44.2 Å². The summed E-state index contributed by atoms with van der Waals surface area (Å²) in [4.78, 5) is 27.8. The first-order chi connectivity index (χ1) is 16.2. The summed E-state index contributed by atoms with van der Waals surface area (Å²) in [7, 11) is -3.81. The van der Waals surface area contributed by atoms with E-state index in [-0.39, 0.29) is 18.4 Å². The molecule has 0 bridgehead atoms. The van der Waals surface area contributed by atoms with Gasteiger partial charge in [-0.3, -0.25) is 13.9 Å². The van der Waals surface area contributed by atoms with Gasteiger partial charge in [0.05, 0.1) is 11.9 Å². The minimum atomic E-state index is -3.81. The van der Waals surface area contributed by atoms with Crippen LogP contribution in [0, 0.1) is 19.8 Å². The normalized spacial score (nSPS) is 12.4. The molecule has 0 aliphatic rings. The third-order valence-corrected chi connectivity index (χ3v) is 7.38. The molecule has 0 radical (unpaired) electrons. The Balaban J connectivity index is 2.46. The van der Waals surface area contributed by atoms with Crippen LogP contribution in [0.4, 0.5) is 5.69 Å². The van der Waals surface area contributed by atoms with Crippen molar-refractivity contribution in [1.82, 2.24) is 10.2 Å². The molecule has 0 heterocycles. The van der Waals surface area contributed by atoms with Gasteiger partial charge in [-0.1, -0.05) is 60.8 Å². The zero-order valence-corrected chi connectivity index (χ0v) is 23.3. The van der Waals surface area contributed by atoms with Gasteiger partial charge in [-0.15, -0.1) is 0 Å². The molecule has 10 heteroatoms. The Hall–Kier alpha value is -2.29. The Morgan fingerprint density at radius 2 is 1.63 bits per heavy atom. The average Bonchev–Trinajstić information content (AvgIpc) is 2.74. The van der Waals surface area contributed by atoms with Crippen LogP contribution in [0.25, 0.3) is 0 Å². The van der Waals surface area contributed by atoms with E-state index >= 15 is 0 Å². The number of halogens is 2. The summed E-state index contributed by atoms with van der Waals surface area (Å²) < 4.78 is 26.5. The van der Waals surface area contributed by atoms with E-state index < -0.39 is 28.5 Å². The van der Waals surface area contributed by atoms with E-state index in [0.717, 1.165) is 16.1 Å². The number of rotatable bonds is 10. The van der Waals surface area contributed by atoms with Crippen molar-refractivity contribution < 1.29 is 18.0 Å². The molecule has 0 fully saturated rings. The van der Waals surface area contributed by atoms with Crippen molar-refractivity contribution in [3.8, 4) is 0 Å². The highest BCUT2D eigenvalue weighted by Gasteiger charge is 2.31. The molecule has 35 heavy (non-hydrogen) atoms. The second kappa shape index (κ2) is 12.1. The lowest BCUT2D eigenvalue weighted by Crippen LogP contribution is -2.51. The first-order valence-corrected chi connectivity index (χ1v) is 13.9. The number of hydrogen-bond donors (Lipinski definition) is 1. The molecular formula is C25H33Cl2N3O4S. The third-order valence-electron chi connectivity index (χ3n) is 5.54. The van der Waals surface area contributed by atoms with Crippen LogP contribution < -0.4 is 9.62 Å². The van der Waals surface area contributed by atoms with Gasteiger partial charge in [-0.2, -0.15) is 0 Å². The minimum absolute atomic E-state index is 0.0575. The fourth-order valence-corrected chi connectivity index (χ4v) is 4.99. The third kappa shape index (κ3) is 7.85. The molecule has 1 N–H and O–H groups in total. The number of hydrogen-bond acceptors (Lipinski definition) is 4. The highest BCUT2D eigenvalue weighted by molar-refractivity contribution is 7.92. The summed E-state index contributed by atoms with van der Waals surface area (Å²) in [6, 6.07) is 9.39. The van der Waals surface area contributed by atoms with E-state index in [2.05, 4.69) is 5.32 Å². The predicted octanol–water partition coefficient (Wildman–Crippen LogP) is 4.57. The predicted molar refractivity (Wildman–Crippen MR) is 142 cm³/mol. The molecule has 2 amide bonds. The molecule has 0 aliphatic carbocycles. The molecule has 7 nitrogen and oxygen atoms in total. The van der Waals surface area contributed by atoms with Gasteiger partial charge in [0.15, 0.2) is 0 Å². The maximum absolute atomic E-state index is 13.6. The van der Waals surface area contributed by atoms with Gasteiger partial charge in [-0.25, -0.2) is 8.42 Å². The van der Waals surface area contributed by atoms with Crippen LogP contribution in [0.3, 0.4) is 0 Å². The highest BCUT2D eigenvalue weighted by atomic mass is 35.5. The van der Waals surface area contributed by atoms with Crippen LogP contribution in [0.15, 0.2) is 36.4 Å². The maximum atomic E-state index is 13.6. The number of amides is 2. The molecule has 0 saturated heterocycles. The van der Waals surface area contributed by atoms with Crippen LogP contribution in [-0.4, -0.2) is 50.5 Å². The summed E-state index contributed by atoms with van der Waals surface area (Å²) in [6.45, 7) is 9.12. The molecule has 0 aromatic heterocycles. The van der Waals surface area contributed by atoms with Crippen LogP contribution in [0.2, 0.25) is 10.0 Å². The second-order valence-electron chi connectivity index (χ2n) is 9.10. The average molecular weight is 543 g/mol. The first kappa shape index (κ1) is 28.9. The van der Waals surface area contributed by atoms with E-state index in [1.165, 1.54) is 4.90 Å². The minimum Gasteiger partial charge on any atom is -0.354 e. The van der Waals surface area contributed by atoms with Crippen molar-refractivity contribution in [2.45, 2.75) is 47.2 Å². The van der Waals surface area contributed by atoms with Crippen LogP contribution in [-0.2, 0) is 26.2 Å². The molecule has 0 spiro atoms. The quantitative estimate of drug-likeness (QED) is 0.477. The Morgan fingerprint density at radius 1 is 1.03 bits per heavy atom. The number of nitrogens with one attached hydrogen (secondary N) is 1. The molecule has 2 aromatic carbocycles. The molecule has 2 rings (SSSR count). The summed E-state index contributed by atoms with van der Waals surface area (Å²) in [5.74, 6) is -0.690. The summed E-state index contributed by atoms with van der Waals surface area (Å²) in [6.07, 6.45) is 1.05. The van der Waals surface area contributed by atoms with Crippen molar-refractivity contribution in [2.75, 3.05) is 23.7 Å². The fourth-order valence-electron chi connectivity index (χ4n) is 3.57. The molecular weight excluding hydrogens is 509 g/mol. The number of aryl methyl sites for hydroxylation is 2. The Morgan fingerprint density at radius 3 is 2.14 bits per heavy atom. The van der Waals surface area contributed by atoms with Gasteiger partial charge in [-0.05, 0) is 50.5 Å². The number of benzene rings is 2. The van der Waals surface area contributed by atoms with Crippen molar-refractivity contribution >= 4 is 50.7 Å². The number of sulfonamides is 1. The van der Waals surface area contributed by atoms with Gasteiger partial charge >= 0.3 is 0 Å². The lowest BCUT2D eigenvalue weighted by Gasteiger charge is -2.32. The Bertz CT molecular complexity index is 1160. The molecule has 192 valence electrons. The Labute approximate surface area is 218 Å². The van der Waals surface area contributed by atoms with E-state index in [0.29, 0.717) is 33.4 Å². The fraction of sp³-hybridized carbons (Fsp3) is 0.440. The smallest absolute Gasteiger partial charge is 0.244 e. The molecule has 0 saturated carbocycles. The monoisotopic (exact) mass is 541 g/mol. The largest absolute Gasteiger partial charge is 0.354 e. The number of carbonyl (C=O) groups excluding carboxylic acids is 2. The van der Waals surface area contributed by atoms with Crippen molar-refractivity contribution in [1.29, 1.82) is 0 Å². The highest BCUT2D eigenvalue weighted by Crippen LogP contribution is 2.28. The molecule has 1 atom stereocenters. The maximum Gasteiger partial charge on any atom is 0.244 e. The zero-order valence-electron chi connectivity index (χ0n) is 20.9. The van der Waals surface area contributed by atoms with Gasteiger partial charge in [0, 0.05) is 28.7 Å².